The first-order valence-corrected chi connectivity index (χ1v) is 19.0. The van der Waals surface area contributed by atoms with Crippen molar-refractivity contribution in [2.24, 2.45) is 0 Å². The molecule has 0 aliphatic carbocycles. The van der Waals surface area contributed by atoms with Crippen LogP contribution >= 0.6 is 0 Å². The highest BCUT2D eigenvalue weighted by atomic mass is 16.7. The van der Waals surface area contributed by atoms with Gasteiger partial charge in [-0.15, -0.1) is 0 Å². The van der Waals surface area contributed by atoms with Crippen LogP contribution in [-0.4, -0.2) is 81.4 Å². The van der Waals surface area contributed by atoms with Crippen LogP contribution in [0.3, 0.4) is 0 Å². The van der Waals surface area contributed by atoms with Gasteiger partial charge in [-0.2, -0.15) is 0 Å². The molecule has 0 bridgehead atoms. The Hall–Kier alpha value is -6.05. The maximum absolute atomic E-state index is 13.9. The predicted molar refractivity (Wildman–Crippen MR) is 208 cm³/mol. The smallest absolute Gasteiger partial charge is 0.407 e. The van der Waals surface area contributed by atoms with E-state index in [1.165, 1.54) is 18.2 Å². The standard InChI is InChI=1S/C43H43N7O6/c1-25(2)37(48-42(53)54-3)41(52)49-24-43(55-18-19-56-43)21-35(49)40-45-23-33(47-40)29-16-12-27(13-17-29)26-10-14-28(15-11-26)32-22-44-39(46-32)34-20-31-8-4-6-30-7-5-9-36(51)50(34)38(30)31/h4,6,8,10-17,22-23,34-35,37H,1,5,7,9,18-21,24H2,2-3H3,(H,44,46)(H,45,47)(H,48,53). The number of H-pyrrole nitrogens is 2. The van der Waals surface area contributed by atoms with E-state index in [0.717, 1.165) is 64.4 Å². The first-order chi connectivity index (χ1) is 27.2. The molecule has 13 heteroatoms. The molecule has 4 aliphatic heterocycles. The summed E-state index contributed by atoms with van der Waals surface area (Å²) >= 11 is 0. The number of rotatable bonds is 8. The summed E-state index contributed by atoms with van der Waals surface area (Å²) in [6.07, 6.45) is 6.37. The van der Waals surface area contributed by atoms with Gasteiger partial charge >= 0.3 is 6.09 Å². The molecule has 3 N–H and O–H groups in total. The van der Waals surface area contributed by atoms with Gasteiger partial charge in [0.15, 0.2) is 5.79 Å². The number of hydrogen-bond donors (Lipinski definition) is 3. The van der Waals surface area contributed by atoms with Crippen molar-refractivity contribution in [3.63, 3.8) is 0 Å². The van der Waals surface area contributed by atoms with Gasteiger partial charge in [-0.25, -0.2) is 14.8 Å². The Morgan fingerprint density at radius 3 is 2.07 bits per heavy atom. The van der Waals surface area contributed by atoms with Crippen LogP contribution in [0.2, 0.25) is 0 Å². The zero-order chi connectivity index (χ0) is 38.6. The molecule has 9 rings (SSSR count). The number of imidazole rings is 2. The molecule has 56 heavy (non-hydrogen) atoms. The third-order valence-electron chi connectivity index (χ3n) is 11.4. The summed E-state index contributed by atoms with van der Waals surface area (Å²) in [6.45, 7) is 6.66. The second kappa shape index (κ2) is 14.2. The molecular formula is C43H43N7O6. The molecule has 4 aliphatic rings. The zero-order valence-electron chi connectivity index (χ0n) is 31.3. The number of nitrogens with one attached hydrogen (secondary N) is 3. The highest BCUT2D eigenvalue weighted by Gasteiger charge is 2.52. The Kier molecular flexibility index (Phi) is 9.05. The fourth-order valence-electron chi connectivity index (χ4n) is 8.59. The molecule has 2 fully saturated rings. The number of para-hydroxylation sites is 1. The lowest BCUT2D eigenvalue weighted by molar-refractivity contribution is -0.152. The summed E-state index contributed by atoms with van der Waals surface area (Å²) in [5, 5.41) is 2.60. The quantitative estimate of drug-likeness (QED) is 0.154. The SMILES string of the molecule is C=C(C)C(NC(=O)OC)C(=O)N1CC2(CC1c1ncc(-c3ccc(-c4ccc(-c5cnc(C6Cc7cccc8c7N6C(=O)CCC8)[nH]5)cc4)cc3)[nH]1)OCCO2. The number of carbonyl (C=O) groups is 3. The number of carbonyl (C=O) groups excluding carboxylic acids is 3. The van der Waals surface area contributed by atoms with Crippen molar-refractivity contribution in [3.8, 4) is 33.6 Å². The highest BCUT2D eigenvalue weighted by molar-refractivity contribution is 5.98. The van der Waals surface area contributed by atoms with Crippen molar-refractivity contribution in [1.29, 1.82) is 0 Å². The number of hydrogen-bond acceptors (Lipinski definition) is 8. The van der Waals surface area contributed by atoms with E-state index in [-0.39, 0.29) is 24.4 Å². The third-order valence-corrected chi connectivity index (χ3v) is 11.4. The van der Waals surface area contributed by atoms with Crippen LogP contribution in [0.15, 0.2) is 91.3 Å². The van der Waals surface area contributed by atoms with E-state index in [1.807, 2.05) is 23.2 Å². The second-order valence-electron chi connectivity index (χ2n) is 15.0. The van der Waals surface area contributed by atoms with Gasteiger partial charge in [-0.05, 0) is 58.7 Å². The Labute approximate surface area is 324 Å². The van der Waals surface area contributed by atoms with Crippen LogP contribution in [0.4, 0.5) is 10.5 Å². The third kappa shape index (κ3) is 6.36. The Bertz CT molecular complexity index is 2320. The summed E-state index contributed by atoms with van der Waals surface area (Å²) in [4.78, 5) is 59.2. The van der Waals surface area contributed by atoms with Gasteiger partial charge in [0.2, 0.25) is 11.8 Å². The van der Waals surface area contributed by atoms with Crippen molar-refractivity contribution < 1.29 is 28.6 Å². The Morgan fingerprint density at radius 1 is 0.875 bits per heavy atom. The molecule has 3 aromatic carbocycles. The van der Waals surface area contributed by atoms with Crippen molar-refractivity contribution >= 4 is 23.6 Å². The number of nitrogens with zero attached hydrogens (tertiary/aromatic N) is 4. The Morgan fingerprint density at radius 2 is 1.46 bits per heavy atom. The number of methoxy groups -OCH3 is 1. The van der Waals surface area contributed by atoms with Crippen LogP contribution < -0.4 is 10.2 Å². The minimum absolute atomic E-state index is 0.134. The van der Waals surface area contributed by atoms with E-state index in [9.17, 15) is 14.4 Å². The number of benzene rings is 3. The van der Waals surface area contributed by atoms with Gasteiger partial charge in [0.25, 0.3) is 0 Å². The van der Waals surface area contributed by atoms with Crippen molar-refractivity contribution in [2.75, 3.05) is 31.8 Å². The minimum Gasteiger partial charge on any atom is -0.453 e. The van der Waals surface area contributed by atoms with Crippen LogP contribution in [0.1, 0.15) is 61.0 Å². The first-order valence-electron chi connectivity index (χ1n) is 19.0. The van der Waals surface area contributed by atoms with Gasteiger partial charge < -0.3 is 39.3 Å². The number of amides is 3. The largest absolute Gasteiger partial charge is 0.453 e. The van der Waals surface area contributed by atoms with E-state index in [1.54, 1.807) is 18.0 Å². The lowest BCUT2D eigenvalue weighted by Gasteiger charge is -2.28. The summed E-state index contributed by atoms with van der Waals surface area (Å²) in [6, 6.07) is 21.3. The maximum Gasteiger partial charge on any atom is 0.407 e. The van der Waals surface area contributed by atoms with Crippen LogP contribution in [0.25, 0.3) is 33.6 Å². The Balaban J connectivity index is 0.902. The summed E-state index contributed by atoms with van der Waals surface area (Å²) in [5.74, 6) is 0.257. The summed E-state index contributed by atoms with van der Waals surface area (Å²) in [5.41, 5.74) is 9.78. The number of likely N-dealkylation sites (tertiary alicyclic amines) is 1. The number of alkyl carbamates (subject to hydrolysis) is 1. The topological polar surface area (TPSA) is 155 Å². The van der Waals surface area contributed by atoms with Gasteiger partial charge in [-0.3, -0.25) is 9.59 Å². The van der Waals surface area contributed by atoms with Gasteiger partial charge in [0.05, 0.1) is 68.4 Å². The molecule has 0 radical (unpaired) electrons. The molecule has 3 unspecified atom stereocenters. The highest BCUT2D eigenvalue weighted by Crippen LogP contribution is 2.45. The average molecular weight is 754 g/mol. The number of ether oxygens (including phenoxy) is 3. The van der Waals surface area contributed by atoms with Gasteiger partial charge in [0, 0.05) is 19.3 Å². The number of aromatic nitrogens is 4. The predicted octanol–water partition coefficient (Wildman–Crippen LogP) is 6.42. The van der Waals surface area contributed by atoms with E-state index in [4.69, 9.17) is 24.2 Å². The van der Waals surface area contributed by atoms with Crippen molar-refractivity contribution in [3.05, 3.63) is 114 Å². The first kappa shape index (κ1) is 35.6. The van der Waals surface area contributed by atoms with Crippen molar-refractivity contribution in [1.82, 2.24) is 30.2 Å². The number of anilines is 1. The monoisotopic (exact) mass is 753 g/mol. The van der Waals surface area contributed by atoms with Crippen molar-refractivity contribution in [2.45, 2.75) is 62.9 Å². The van der Waals surface area contributed by atoms with Crippen LogP contribution in [-0.2, 0) is 36.6 Å². The van der Waals surface area contributed by atoms with Gasteiger partial charge in [-0.1, -0.05) is 73.3 Å². The van der Waals surface area contributed by atoms with E-state index < -0.39 is 24.0 Å². The molecule has 2 aromatic heterocycles. The number of aryl methyl sites for hydroxylation is 1. The molecule has 286 valence electrons. The van der Waals surface area contributed by atoms with Crippen LogP contribution in [0.5, 0.6) is 0 Å². The fourth-order valence-corrected chi connectivity index (χ4v) is 8.59. The van der Waals surface area contributed by atoms with E-state index >= 15 is 0 Å². The molecule has 5 aromatic rings. The second-order valence-corrected chi connectivity index (χ2v) is 15.0. The normalized spacial score (nSPS) is 20.2. The minimum atomic E-state index is -0.986. The summed E-state index contributed by atoms with van der Waals surface area (Å²) in [7, 11) is 1.25. The van der Waals surface area contributed by atoms with Crippen LogP contribution in [0, 0.1) is 0 Å². The molecule has 0 saturated carbocycles. The molecule has 2 saturated heterocycles. The molecule has 6 heterocycles. The molecule has 3 atom stereocenters. The molecule has 1 spiro atoms. The molecular weight excluding hydrogens is 711 g/mol. The fraction of sp³-hybridized carbons (Fsp3) is 0.326. The maximum atomic E-state index is 13.9. The average Bonchev–Trinajstić information content (AvgIpc) is 4.06. The molecule has 13 nitrogen and oxygen atoms in total. The molecule has 3 amide bonds. The van der Waals surface area contributed by atoms with E-state index in [2.05, 4.69) is 76.5 Å². The zero-order valence-corrected chi connectivity index (χ0v) is 31.3. The summed E-state index contributed by atoms with van der Waals surface area (Å²) < 4.78 is 16.8. The van der Waals surface area contributed by atoms with Gasteiger partial charge in [0.1, 0.15) is 17.7 Å². The lowest BCUT2D eigenvalue weighted by Crippen LogP contribution is -2.50. The number of aromatic amines is 2. The lowest BCUT2D eigenvalue weighted by atomic mass is 10.0. The van der Waals surface area contributed by atoms with E-state index in [0.29, 0.717) is 37.5 Å².